The van der Waals surface area contributed by atoms with Crippen molar-refractivity contribution in [2.24, 2.45) is 5.92 Å². The van der Waals surface area contributed by atoms with Gasteiger partial charge in [0.1, 0.15) is 0 Å². The van der Waals surface area contributed by atoms with Gasteiger partial charge in [-0.1, -0.05) is 6.42 Å². The molecule has 0 unspecified atom stereocenters. The van der Waals surface area contributed by atoms with Gasteiger partial charge in [0.15, 0.2) is 9.84 Å². The van der Waals surface area contributed by atoms with Crippen molar-refractivity contribution in [1.29, 1.82) is 0 Å². The van der Waals surface area contributed by atoms with Gasteiger partial charge in [0, 0.05) is 24.0 Å². The first-order valence-corrected chi connectivity index (χ1v) is 7.58. The van der Waals surface area contributed by atoms with Crippen molar-refractivity contribution >= 4 is 21.5 Å². The van der Waals surface area contributed by atoms with Gasteiger partial charge in [-0.2, -0.15) is 0 Å². The Morgan fingerprint density at radius 3 is 2.30 bits per heavy atom. The first-order valence-electron chi connectivity index (χ1n) is 6.03. The summed E-state index contributed by atoms with van der Waals surface area (Å²) >= 11 is 0. The minimum absolute atomic E-state index is 0.0961. The Morgan fingerprint density at radius 1 is 1.20 bits per heavy atom. The van der Waals surface area contributed by atoms with Gasteiger partial charge in [0.2, 0.25) is 0 Å². The number of benzene rings is 1. The van der Waals surface area contributed by atoms with E-state index in [1.165, 1.54) is 0 Å². The predicted molar refractivity (Wildman–Crippen MR) is 66.4 cm³/mol. The average Bonchev–Trinajstić information content (AvgIpc) is 2.89. The van der Waals surface area contributed by atoms with Crippen molar-refractivity contribution in [2.45, 2.75) is 29.4 Å². The molecule has 0 radical (unpaired) electrons. The van der Waals surface area contributed by atoms with Gasteiger partial charge in [-0.25, -0.2) is 8.42 Å². The van der Waals surface area contributed by atoms with Crippen molar-refractivity contribution in [3.8, 4) is 0 Å². The van der Waals surface area contributed by atoms with Crippen LogP contribution < -0.4 is 5.11 Å². The summed E-state index contributed by atoms with van der Waals surface area (Å²) in [5.74, 6) is -2.38. The van der Waals surface area contributed by atoms with Crippen molar-refractivity contribution in [3.05, 3.63) is 34.4 Å². The second kappa shape index (κ2) is 5.20. The van der Waals surface area contributed by atoms with Crippen LogP contribution in [-0.4, -0.2) is 24.6 Å². The van der Waals surface area contributed by atoms with Crippen LogP contribution in [0.15, 0.2) is 29.2 Å². The molecule has 7 nitrogen and oxygen atoms in total. The second-order valence-corrected chi connectivity index (χ2v) is 6.86. The molecule has 1 saturated carbocycles. The summed E-state index contributed by atoms with van der Waals surface area (Å²) in [6.07, 6.45) is 1.05. The minimum Gasteiger partial charge on any atom is -0.550 e. The van der Waals surface area contributed by atoms with Crippen LogP contribution in [0.25, 0.3) is 0 Å². The largest absolute Gasteiger partial charge is 0.550 e. The number of nitro benzene ring substituents is 1. The van der Waals surface area contributed by atoms with Crippen LogP contribution in [0.1, 0.15) is 19.3 Å². The van der Waals surface area contributed by atoms with E-state index in [0.29, 0.717) is 6.42 Å². The second-order valence-electron chi connectivity index (χ2n) is 4.69. The smallest absolute Gasteiger partial charge is 0.269 e. The van der Waals surface area contributed by atoms with Crippen LogP contribution >= 0.6 is 0 Å². The van der Waals surface area contributed by atoms with Gasteiger partial charge in [0.25, 0.3) is 5.69 Å². The number of carbonyl (C=O) groups excluding carboxylic acids is 1. The molecule has 20 heavy (non-hydrogen) atoms. The van der Waals surface area contributed by atoms with E-state index in [1.807, 2.05) is 0 Å². The zero-order valence-corrected chi connectivity index (χ0v) is 11.2. The normalized spacial score (nSPS) is 22.6. The SMILES string of the molecule is O=C([O-])[C@@H]1CCC[C@H]1S(=O)(=O)c1ccc([N+](=O)[O-])cc1. The number of sulfone groups is 1. The Labute approximate surface area is 115 Å². The first-order chi connectivity index (χ1) is 9.34. The van der Waals surface area contributed by atoms with E-state index in [0.717, 1.165) is 24.3 Å². The summed E-state index contributed by atoms with van der Waals surface area (Å²) in [6, 6.07) is 4.46. The lowest BCUT2D eigenvalue weighted by Crippen LogP contribution is -2.39. The molecule has 1 fully saturated rings. The molecule has 0 aliphatic heterocycles. The van der Waals surface area contributed by atoms with Crippen LogP contribution in [0.4, 0.5) is 5.69 Å². The number of carboxylic acid groups (broad SMARTS) is 1. The fourth-order valence-corrected chi connectivity index (χ4v) is 4.52. The zero-order valence-electron chi connectivity index (χ0n) is 10.4. The summed E-state index contributed by atoms with van der Waals surface area (Å²) in [7, 11) is -3.82. The van der Waals surface area contributed by atoms with Crippen molar-refractivity contribution in [1.82, 2.24) is 0 Å². The van der Waals surface area contributed by atoms with E-state index in [-0.39, 0.29) is 23.4 Å². The van der Waals surface area contributed by atoms with Gasteiger partial charge < -0.3 is 9.90 Å². The summed E-state index contributed by atoms with van der Waals surface area (Å²) in [4.78, 5) is 20.8. The molecule has 0 heterocycles. The van der Waals surface area contributed by atoms with Crippen LogP contribution in [0.3, 0.4) is 0 Å². The molecule has 1 aromatic carbocycles. The lowest BCUT2D eigenvalue weighted by atomic mass is 10.1. The standard InChI is InChI=1S/C12H13NO6S/c14-12(15)10-2-1-3-11(10)20(18,19)9-6-4-8(5-7-9)13(16)17/h4-7,10-11H,1-3H2,(H,14,15)/p-1/t10-,11-/m1/s1. The highest BCUT2D eigenvalue weighted by Gasteiger charge is 2.39. The quantitative estimate of drug-likeness (QED) is 0.582. The molecular weight excluding hydrogens is 286 g/mol. The van der Waals surface area contributed by atoms with Crippen LogP contribution in [0, 0.1) is 16.0 Å². The third kappa shape index (κ3) is 2.51. The van der Waals surface area contributed by atoms with Crippen molar-refractivity contribution in [3.63, 3.8) is 0 Å². The summed E-state index contributed by atoms with van der Waals surface area (Å²) in [6.45, 7) is 0. The molecule has 2 rings (SSSR count). The molecule has 8 heteroatoms. The summed E-state index contributed by atoms with van der Waals surface area (Å²) in [5, 5.41) is 20.5. The van der Waals surface area contributed by atoms with Gasteiger partial charge in [-0.15, -0.1) is 0 Å². The molecule has 0 spiro atoms. The Bertz CT molecular complexity index is 636. The molecule has 2 atom stereocenters. The number of carboxylic acids is 1. The number of non-ortho nitro benzene ring substituents is 1. The van der Waals surface area contributed by atoms with Gasteiger partial charge >= 0.3 is 0 Å². The highest BCUT2D eigenvalue weighted by Crippen LogP contribution is 2.34. The number of aliphatic carboxylic acids is 1. The lowest BCUT2D eigenvalue weighted by Gasteiger charge is -2.20. The molecule has 0 amide bonds. The van der Waals surface area contributed by atoms with Crippen molar-refractivity contribution < 1.29 is 23.2 Å². The summed E-state index contributed by atoms with van der Waals surface area (Å²) < 4.78 is 24.7. The maximum Gasteiger partial charge on any atom is 0.269 e. The highest BCUT2D eigenvalue weighted by atomic mass is 32.2. The molecule has 0 aromatic heterocycles. The van der Waals surface area contributed by atoms with E-state index in [2.05, 4.69) is 0 Å². The number of carbonyl (C=O) groups is 1. The molecular formula is C12H12NO6S-. The Morgan fingerprint density at radius 2 is 1.80 bits per heavy atom. The van der Waals surface area contributed by atoms with Crippen LogP contribution in [0.5, 0.6) is 0 Å². The monoisotopic (exact) mass is 298 g/mol. The predicted octanol–water partition coefficient (Wildman–Crippen LogP) is 0.287. The maximum atomic E-state index is 12.4. The number of hydrogen-bond acceptors (Lipinski definition) is 6. The van der Waals surface area contributed by atoms with Crippen molar-refractivity contribution in [2.75, 3.05) is 0 Å². The molecule has 1 aromatic rings. The lowest BCUT2D eigenvalue weighted by molar-refractivity contribution is -0.384. The highest BCUT2D eigenvalue weighted by molar-refractivity contribution is 7.92. The van der Waals surface area contributed by atoms with E-state index in [9.17, 15) is 28.4 Å². The molecule has 108 valence electrons. The minimum atomic E-state index is -3.82. The maximum absolute atomic E-state index is 12.4. The number of hydrogen-bond donors (Lipinski definition) is 0. The first kappa shape index (κ1) is 14.4. The van der Waals surface area contributed by atoms with E-state index in [1.54, 1.807) is 0 Å². The molecule has 0 N–H and O–H groups in total. The third-order valence-corrected chi connectivity index (χ3v) is 5.82. The Kier molecular flexibility index (Phi) is 3.76. The number of nitrogens with zero attached hydrogens (tertiary/aromatic N) is 1. The fourth-order valence-electron chi connectivity index (χ4n) is 2.50. The van der Waals surface area contributed by atoms with Gasteiger partial charge in [-0.3, -0.25) is 10.1 Å². The van der Waals surface area contributed by atoms with E-state index in [4.69, 9.17) is 0 Å². The number of nitro groups is 1. The van der Waals surface area contributed by atoms with E-state index < -0.39 is 31.9 Å². The summed E-state index contributed by atoms with van der Waals surface area (Å²) in [5.41, 5.74) is -0.216. The molecule has 1 aliphatic carbocycles. The van der Waals surface area contributed by atoms with Crippen LogP contribution in [-0.2, 0) is 14.6 Å². The number of rotatable bonds is 4. The average molecular weight is 298 g/mol. The zero-order chi connectivity index (χ0) is 14.9. The van der Waals surface area contributed by atoms with Crippen LogP contribution in [0.2, 0.25) is 0 Å². The molecule has 0 saturated heterocycles. The van der Waals surface area contributed by atoms with Gasteiger partial charge in [-0.05, 0) is 25.0 Å². The van der Waals surface area contributed by atoms with Gasteiger partial charge in [0.05, 0.1) is 15.1 Å². The molecule has 1 aliphatic rings. The Balaban J connectivity index is 2.35. The topological polar surface area (TPSA) is 117 Å². The van der Waals surface area contributed by atoms with E-state index >= 15 is 0 Å². The fraction of sp³-hybridized carbons (Fsp3) is 0.417. The molecule has 0 bridgehead atoms. The Hall–Kier alpha value is -1.96. The third-order valence-electron chi connectivity index (χ3n) is 3.53.